The Kier molecular flexibility index (Phi) is 11.1. The van der Waals surface area contributed by atoms with E-state index in [1.54, 1.807) is 25.3 Å². The van der Waals surface area contributed by atoms with Crippen LogP contribution in [0.5, 0.6) is 0 Å². The Bertz CT molecular complexity index is 1770. The Hall–Kier alpha value is -3.93. The summed E-state index contributed by atoms with van der Waals surface area (Å²) >= 11 is 0. The number of anilines is 1. The molecule has 6 N–H and O–H groups in total. The van der Waals surface area contributed by atoms with Crippen LogP contribution in [0.3, 0.4) is 0 Å². The van der Waals surface area contributed by atoms with Gasteiger partial charge in [0, 0.05) is 54.8 Å². The van der Waals surface area contributed by atoms with E-state index in [1.807, 2.05) is 18.7 Å². The maximum absolute atomic E-state index is 13.8. The number of allylic oxidation sites excluding steroid dienone is 1. The molecule has 0 bridgehead atoms. The number of aromatic nitrogens is 2. The lowest BCUT2D eigenvalue weighted by Crippen LogP contribution is -2.68. The van der Waals surface area contributed by atoms with E-state index in [0.717, 1.165) is 0 Å². The molecule has 7 rings (SSSR count). The van der Waals surface area contributed by atoms with E-state index in [1.165, 1.54) is 12.4 Å². The number of nitrogen functional groups attached to an aromatic ring is 1. The van der Waals surface area contributed by atoms with E-state index in [4.69, 9.17) is 19.9 Å². The number of hydrogen-bond donors (Lipinski definition) is 5. The molecule has 2 aliphatic carbocycles. The number of nitrogens with two attached hydrogens (primary N) is 1. The van der Waals surface area contributed by atoms with Gasteiger partial charge >= 0.3 is 5.97 Å². The van der Waals surface area contributed by atoms with Crippen LogP contribution in [-0.2, 0) is 28.6 Å². The maximum atomic E-state index is 13.8. The zero-order valence-electron chi connectivity index (χ0n) is 32.1. The first-order chi connectivity index (χ1) is 26.3. The van der Waals surface area contributed by atoms with Gasteiger partial charge < -0.3 is 45.7 Å². The van der Waals surface area contributed by atoms with E-state index < -0.39 is 46.6 Å². The van der Waals surface area contributed by atoms with Crippen LogP contribution >= 0.6 is 0 Å². The summed E-state index contributed by atoms with van der Waals surface area (Å²) in [6.45, 7) is 10.5. The Labute approximate surface area is 321 Å². The number of Topliss-reactive ketones (excluding diaryl/α,β-unsaturated/α-hetero) is 1. The smallest absolute Gasteiger partial charge is 0.341 e. The van der Waals surface area contributed by atoms with Crippen molar-refractivity contribution >= 4 is 41.7 Å². The average Bonchev–Trinajstić information content (AvgIpc) is 3.63. The van der Waals surface area contributed by atoms with Crippen LogP contribution in [0.4, 0.5) is 5.95 Å². The molecular formula is C39H54N8O8. The molecular weight excluding hydrogens is 708 g/mol. The second-order valence-electron chi connectivity index (χ2n) is 16.5. The molecule has 55 heavy (non-hydrogen) atoms. The fourth-order valence-corrected chi connectivity index (χ4v) is 9.91. The Morgan fingerprint density at radius 1 is 1.16 bits per heavy atom. The first-order valence-corrected chi connectivity index (χ1v) is 19.4. The highest BCUT2D eigenvalue weighted by Crippen LogP contribution is 2.66. The Balaban J connectivity index is 1.24. The van der Waals surface area contributed by atoms with Gasteiger partial charge in [-0.05, 0) is 68.9 Å². The number of aliphatic hydroxyl groups excluding tert-OH is 2. The Morgan fingerprint density at radius 3 is 2.55 bits per heavy atom. The number of ketones is 1. The van der Waals surface area contributed by atoms with Crippen LogP contribution < -0.4 is 16.4 Å². The highest BCUT2D eigenvalue weighted by molar-refractivity contribution is 6.07. The third kappa shape index (κ3) is 7.64. The normalized spacial score (nSPS) is 35.2. The quantitative estimate of drug-likeness (QED) is 0.139. The van der Waals surface area contributed by atoms with Crippen molar-refractivity contribution in [2.45, 2.75) is 95.7 Å². The van der Waals surface area contributed by atoms with E-state index in [2.05, 4.69) is 37.5 Å². The molecule has 6 aliphatic rings. The molecule has 1 amide bonds. The summed E-state index contributed by atoms with van der Waals surface area (Å²) in [6.07, 6.45) is 9.45. The molecule has 2 saturated carbocycles. The molecule has 16 nitrogen and oxygen atoms in total. The monoisotopic (exact) mass is 762 g/mol. The predicted molar refractivity (Wildman–Crippen MR) is 203 cm³/mol. The van der Waals surface area contributed by atoms with Crippen LogP contribution in [0, 0.1) is 22.7 Å². The maximum Gasteiger partial charge on any atom is 0.341 e. The number of amidine groups is 1. The molecule has 0 aromatic carbocycles. The van der Waals surface area contributed by atoms with Gasteiger partial charge in [-0.1, -0.05) is 13.8 Å². The van der Waals surface area contributed by atoms with Crippen molar-refractivity contribution in [2.75, 3.05) is 51.8 Å². The topological polar surface area (TPSA) is 226 Å². The fourth-order valence-electron chi connectivity index (χ4n) is 9.91. The Morgan fingerprint density at radius 2 is 1.89 bits per heavy atom. The van der Waals surface area contributed by atoms with Gasteiger partial charge in [-0.15, -0.1) is 0 Å². The highest BCUT2D eigenvalue weighted by atomic mass is 16.6. The number of carbonyl (C=O) groups excluding carboxylic acids is 3. The van der Waals surface area contributed by atoms with Crippen LogP contribution in [-0.4, -0.2) is 137 Å². The van der Waals surface area contributed by atoms with Crippen molar-refractivity contribution < 1.29 is 38.8 Å². The second kappa shape index (κ2) is 15.5. The number of nitrogens with one attached hydrogen (secondary N) is 2. The third-order valence-corrected chi connectivity index (χ3v) is 13.2. The van der Waals surface area contributed by atoms with Crippen LogP contribution in [0.25, 0.3) is 6.08 Å². The third-order valence-electron chi connectivity index (χ3n) is 13.2. The molecule has 4 aliphatic heterocycles. The number of ether oxygens (including phenoxy) is 3. The number of cyclic esters (lactones) is 1. The molecule has 2 saturated heterocycles. The van der Waals surface area contributed by atoms with Crippen molar-refractivity contribution in [3.8, 4) is 0 Å². The molecule has 0 radical (unpaired) electrons. The number of nitrogens with zero attached hydrogens (tertiary/aromatic N) is 5. The lowest BCUT2D eigenvalue weighted by atomic mass is 9.43. The summed E-state index contributed by atoms with van der Waals surface area (Å²) in [5, 5.41) is 29.5. The lowest BCUT2D eigenvalue weighted by molar-refractivity contribution is -0.185. The summed E-state index contributed by atoms with van der Waals surface area (Å²) in [6, 6.07) is -2.20. The average molecular weight is 763 g/mol. The number of aliphatic imine (C=N–C) groups is 2. The zero-order valence-corrected chi connectivity index (χ0v) is 32.1. The minimum Gasteiger partial charge on any atom is -0.423 e. The summed E-state index contributed by atoms with van der Waals surface area (Å²) in [5.41, 5.74) is 4.60. The summed E-state index contributed by atoms with van der Waals surface area (Å²) in [5.74, 6) is -0.235. The standard InChI is InChI=1S/C39H54N8O8/c1-22(28(49)16-33-41-7-8-42-33)45-27(26-14-25(55-35(26)52)13-24-18-43-36(40)44-19-24)15-30-37(3)6-5-32(50)38(4,20-48)29(37)17-31(39(30)21-54-39)46-23(2)34(51)47-9-11-53-12-10-47/h7,13-14,18-19,22-23,27,29-32,45-46,48,50H,5-6,8-12,15-17,20-21H2,1-4H3,(H2,40,43,44)/b25-13+/t22?,23?,27?,29?,30?,31?,32-,37+,38+,39?/m1/s1. The number of rotatable bonds is 13. The van der Waals surface area contributed by atoms with Gasteiger partial charge in [0.1, 0.15) is 17.2 Å². The van der Waals surface area contributed by atoms with E-state index in [9.17, 15) is 24.6 Å². The fraction of sp³-hybridized carbons (Fsp3) is 0.667. The number of morpholine rings is 1. The number of aliphatic hydroxyl groups is 2. The molecule has 7 unspecified atom stereocenters. The van der Waals surface area contributed by atoms with Gasteiger partial charge in [0.2, 0.25) is 11.9 Å². The van der Waals surface area contributed by atoms with E-state index in [0.29, 0.717) is 87.9 Å². The summed E-state index contributed by atoms with van der Waals surface area (Å²) in [7, 11) is 0. The van der Waals surface area contributed by atoms with Gasteiger partial charge in [-0.3, -0.25) is 14.6 Å². The molecule has 1 aromatic heterocycles. The van der Waals surface area contributed by atoms with Gasteiger partial charge in [-0.2, -0.15) is 0 Å². The molecule has 1 spiro atoms. The van der Waals surface area contributed by atoms with Crippen LogP contribution in [0.2, 0.25) is 0 Å². The second-order valence-corrected chi connectivity index (χ2v) is 16.5. The SMILES string of the molecule is CC(NC(CC1C2(CO2)C(NC(C)C(=O)N2CCOCC2)CC2[C@]1(C)CC[C@@H](O)[C@@]2(C)CO)C1=C/C(=C\c2cnc(N)nc2)OC1=O)C(=O)CC1=NCC=N1. The molecule has 5 heterocycles. The van der Waals surface area contributed by atoms with Gasteiger partial charge in [0.25, 0.3) is 0 Å². The van der Waals surface area contributed by atoms with E-state index >= 15 is 0 Å². The minimum atomic E-state index is -0.837. The van der Waals surface area contributed by atoms with Crippen molar-refractivity contribution in [1.82, 2.24) is 25.5 Å². The minimum absolute atomic E-state index is 0.0228. The van der Waals surface area contributed by atoms with Crippen LogP contribution in [0.15, 0.2) is 39.8 Å². The number of epoxide rings is 1. The first-order valence-electron chi connectivity index (χ1n) is 19.4. The van der Waals surface area contributed by atoms with Gasteiger partial charge in [0.15, 0.2) is 5.78 Å². The van der Waals surface area contributed by atoms with Gasteiger partial charge in [-0.25, -0.2) is 19.8 Å². The van der Waals surface area contributed by atoms with Crippen molar-refractivity contribution in [2.24, 2.45) is 32.7 Å². The number of hydrogen-bond acceptors (Lipinski definition) is 15. The number of fused-ring (bicyclic) bond motifs is 1. The highest BCUT2D eigenvalue weighted by Gasteiger charge is 2.71. The summed E-state index contributed by atoms with van der Waals surface area (Å²) in [4.78, 5) is 59.5. The molecule has 298 valence electrons. The largest absolute Gasteiger partial charge is 0.423 e. The predicted octanol–water partition coefficient (Wildman–Crippen LogP) is 0.832. The molecule has 4 fully saturated rings. The lowest BCUT2D eigenvalue weighted by Gasteiger charge is -2.63. The molecule has 10 atom stereocenters. The number of amides is 1. The molecule has 1 aromatic rings. The summed E-state index contributed by atoms with van der Waals surface area (Å²) < 4.78 is 17.8. The number of esters is 1. The number of carbonyl (C=O) groups is 3. The first kappa shape index (κ1) is 39.3. The van der Waals surface area contributed by atoms with Crippen molar-refractivity contribution in [3.63, 3.8) is 0 Å². The van der Waals surface area contributed by atoms with Crippen molar-refractivity contribution in [3.05, 3.63) is 35.4 Å². The van der Waals surface area contributed by atoms with E-state index in [-0.39, 0.29) is 48.5 Å². The zero-order chi connectivity index (χ0) is 39.1. The van der Waals surface area contributed by atoms with Crippen LogP contribution in [0.1, 0.15) is 65.4 Å². The van der Waals surface area contributed by atoms with Crippen molar-refractivity contribution in [1.29, 1.82) is 0 Å². The van der Waals surface area contributed by atoms with Gasteiger partial charge in [0.05, 0.1) is 63.2 Å². The molecule has 16 heteroatoms.